The molecule has 14 heavy (non-hydrogen) atoms. The van der Waals surface area contributed by atoms with Crippen LogP contribution in [0.3, 0.4) is 0 Å². The number of hydrogen-bond donors (Lipinski definition) is 2. The second-order valence-electron chi connectivity index (χ2n) is 3.09. The Morgan fingerprint density at radius 1 is 1.14 bits per heavy atom. The van der Waals surface area contributed by atoms with Crippen molar-refractivity contribution in [2.24, 2.45) is 0 Å². The van der Waals surface area contributed by atoms with E-state index in [4.69, 9.17) is 51.5 Å². The van der Waals surface area contributed by atoms with Crippen LogP contribution < -0.4 is 0 Å². The molecule has 0 radical (unpaired) electrons. The van der Waals surface area contributed by atoms with Gasteiger partial charge in [-0.25, -0.2) is 0 Å². The average Bonchev–Trinajstić information content (AvgIpc) is 2.01. The molecule has 0 aromatic rings. The van der Waals surface area contributed by atoms with Crippen LogP contribution in [0.2, 0.25) is 0 Å². The number of hydrogen-bond acceptors (Lipinski definition) is 2. The molecule has 0 unspecified atom stereocenters. The second kappa shape index (κ2) is 5.97. The molecular formula is C8H14Cl4O2. The van der Waals surface area contributed by atoms with E-state index in [1.54, 1.807) is 6.92 Å². The molecule has 0 aliphatic heterocycles. The number of halogens is 4. The van der Waals surface area contributed by atoms with Gasteiger partial charge in [-0.2, -0.15) is 0 Å². The summed E-state index contributed by atoms with van der Waals surface area (Å²) in [7, 11) is 0. The van der Waals surface area contributed by atoms with Crippen molar-refractivity contribution < 1.29 is 10.2 Å². The van der Waals surface area contributed by atoms with E-state index in [-0.39, 0.29) is 6.61 Å². The molecule has 1 aliphatic carbocycles. The van der Waals surface area contributed by atoms with Crippen LogP contribution in [0.4, 0.5) is 0 Å². The maximum absolute atomic E-state index is 9.44. The van der Waals surface area contributed by atoms with Crippen molar-refractivity contribution in [2.45, 2.75) is 41.0 Å². The Hall–Kier alpha value is 1.08. The third kappa shape index (κ3) is 4.30. The third-order valence-corrected chi connectivity index (χ3v) is 3.40. The summed E-state index contributed by atoms with van der Waals surface area (Å²) in [6.45, 7) is 1.93. The van der Waals surface area contributed by atoms with Gasteiger partial charge in [-0.15, -0.1) is 0 Å². The van der Waals surface area contributed by atoms with Gasteiger partial charge in [-0.1, -0.05) is 46.4 Å². The van der Waals surface area contributed by atoms with Crippen LogP contribution >= 0.6 is 46.4 Å². The molecule has 0 aromatic carbocycles. The van der Waals surface area contributed by atoms with Gasteiger partial charge < -0.3 is 10.2 Å². The SMILES string of the molecule is CCO.OC1C(Cl)(Cl)CCCC1(Cl)Cl. The summed E-state index contributed by atoms with van der Waals surface area (Å²) in [5.74, 6) is 0. The fourth-order valence-electron chi connectivity index (χ4n) is 1.14. The maximum Gasteiger partial charge on any atom is 0.146 e. The molecule has 0 aromatic heterocycles. The van der Waals surface area contributed by atoms with E-state index in [0.717, 1.165) is 6.42 Å². The topological polar surface area (TPSA) is 40.5 Å². The minimum absolute atomic E-state index is 0.250. The first-order valence-corrected chi connectivity index (χ1v) is 5.83. The van der Waals surface area contributed by atoms with Crippen molar-refractivity contribution in [1.82, 2.24) is 0 Å². The summed E-state index contributed by atoms with van der Waals surface area (Å²) in [6.07, 6.45) is 0.712. The summed E-state index contributed by atoms with van der Waals surface area (Å²) < 4.78 is -2.39. The normalized spacial score (nSPS) is 25.1. The highest BCUT2D eigenvalue weighted by Gasteiger charge is 2.50. The van der Waals surface area contributed by atoms with E-state index in [9.17, 15) is 5.11 Å². The molecule has 0 atom stereocenters. The molecular weight excluding hydrogens is 270 g/mol. The Kier molecular flexibility index (Phi) is 6.44. The summed E-state index contributed by atoms with van der Waals surface area (Å²) in [4.78, 5) is 0. The highest BCUT2D eigenvalue weighted by molar-refractivity contribution is 6.53. The molecule has 1 aliphatic rings. The average molecular weight is 284 g/mol. The number of aliphatic hydroxyl groups is 2. The minimum atomic E-state index is -1.19. The smallest absolute Gasteiger partial charge is 0.146 e. The van der Waals surface area contributed by atoms with Gasteiger partial charge in [0.15, 0.2) is 0 Å². The van der Waals surface area contributed by atoms with Crippen LogP contribution in [0.15, 0.2) is 0 Å². The van der Waals surface area contributed by atoms with Gasteiger partial charge in [-0.05, 0) is 26.2 Å². The standard InChI is InChI=1S/C6H8Cl4O.C2H6O/c7-5(8)2-1-3-6(9,10)4(5)11;1-2-3/h4,11H,1-3H2;3H,2H2,1H3. The maximum atomic E-state index is 9.44. The van der Waals surface area contributed by atoms with Crippen molar-refractivity contribution in [3.05, 3.63) is 0 Å². The van der Waals surface area contributed by atoms with Crippen LogP contribution in [0, 0.1) is 0 Å². The molecule has 1 fully saturated rings. The summed E-state index contributed by atoms with van der Waals surface area (Å²) in [5.41, 5.74) is 0. The zero-order valence-corrected chi connectivity index (χ0v) is 10.8. The van der Waals surface area contributed by atoms with Crippen molar-refractivity contribution in [3.8, 4) is 0 Å². The fraction of sp³-hybridized carbons (Fsp3) is 1.00. The highest BCUT2D eigenvalue weighted by Crippen LogP contribution is 2.47. The van der Waals surface area contributed by atoms with E-state index in [2.05, 4.69) is 0 Å². The van der Waals surface area contributed by atoms with Crippen molar-refractivity contribution in [3.63, 3.8) is 0 Å². The Labute approximate surface area is 104 Å². The Balaban J connectivity index is 0.000000500. The summed E-state index contributed by atoms with van der Waals surface area (Å²) >= 11 is 23.0. The fourth-order valence-corrected chi connectivity index (χ4v) is 2.65. The Morgan fingerprint density at radius 3 is 1.64 bits per heavy atom. The molecule has 0 amide bonds. The molecule has 1 saturated carbocycles. The predicted octanol–water partition coefficient (Wildman–Crippen LogP) is 2.88. The second-order valence-corrected chi connectivity index (χ2v) is 6.18. The number of rotatable bonds is 0. The lowest BCUT2D eigenvalue weighted by Crippen LogP contribution is -2.48. The highest BCUT2D eigenvalue weighted by atomic mass is 35.5. The molecule has 1 rings (SSSR count). The molecule has 6 heteroatoms. The van der Waals surface area contributed by atoms with E-state index < -0.39 is 14.8 Å². The van der Waals surface area contributed by atoms with E-state index in [1.807, 2.05) is 0 Å². The molecule has 0 spiro atoms. The Morgan fingerprint density at radius 2 is 1.43 bits per heavy atom. The van der Waals surface area contributed by atoms with Crippen LogP contribution in [0.5, 0.6) is 0 Å². The van der Waals surface area contributed by atoms with E-state index in [1.165, 1.54) is 0 Å². The zero-order chi connectivity index (χ0) is 11.4. The first kappa shape index (κ1) is 15.1. The monoisotopic (exact) mass is 282 g/mol. The van der Waals surface area contributed by atoms with Gasteiger partial charge >= 0.3 is 0 Å². The van der Waals surface area contributed by atoms with Crippen LogP contribution in [0.25, 0.3) is 0 Å². The molecule has 86 valence electrons. The number of aliphatic hydroxyl groups excluding tert-OH is 2. The lowest BCUT2D eigenvalue weighted by Gasteiger charge is -2.38. The van der Waals surface area contributed by atoms with Gasteiger partial charge in [0.25, 0.3) is 0 Å². The third-order valence-electron chi connectivity index (χ3n) is 1.82. The van der Waals surface area contributed by atoms with Gasteiger partial charge in [0.2, 0.25) is 0 Å². The molecule has 0 bridgehead atoms. The summed E-state index contributed by atoms with van der Waals surface area (Å²) in [5, 5.41) is 17.0. The van der Waals surface area contributed by atoms with E-state index >= 15 is 0 Å². The molecule has 0 saturated heterocycles. The van der Waals surface area contributed by atoms with E-state index in [0.29, 0.717) is 12.8 Å². The van der Waals surface area contributed by atoms with Gasteiger partial charge in [0.1, 0.15) is 14.8 Å². The summed E-state index contributed by atoms with van der Waals surface area (Å²) in [6, 6.07) is 0. The van der Waals surface area contributed by atoms with Gasteiger partial charge in [0.05, 0.1) is 0 Å². The lowest BCUT2D eigenvalue weighted by molar-refractivity contribution is 0.109. The minimum Gasteiger partial charge on any atom is -0.397 e. The number of alkyl halides is 4. The molecule has 2 N–H and O–H groups in total. The predicted molar refractivity (Wildman–Crippen MR) is 61.5 cm³/mol. The molecule has 2 nitrogen and oxygen atoms in total. The lowest BCUT2D eigenvalue weighted by atomic mass is 9.95. The van der Waals surface area contributed by atoms with Crippen LogP contribution in [-0.4, -0.2) is 31.6 Å². The van der Waals surface area contributed by atoms with Crippen molar-refractivity contribution >= 4 is 46.4 Å². The van der Waals surface area contributed by atoms with Gasteiger partial charge in [0, 0.05) is 6.61 Å². The van der Waals surface area contributed by atoms with Crippen molar-refractivity contribution in [1.29, 1.82) is 0 Å². The quantitative estimate of drug-likeness (QED) is 0.671. The van der Waals surface area contributed by atoms with Crippen LogP contribution in [-0.2, 0) is 0 Å². The molecule has 0 heterocycles. The Bertz CT molecular complexity index is 157. The largest absolute Gasteiger partial charge is 0.397 e. The van der Waals surface area contributed by atoms with Crippen molar-refractivity contribution in [2.75, 3.05) is 6.61 Å². The van der Waals surface area contributed by atoms with Gasteiger partial charge in [-0.3, -0.25) is 0 Å². The zero-order valence-electron chi connectivity index (χ0n) is 7.81. The van der Waals surface area contributed by atoms with Crippen LogP contribution in [0.1, 0.15) is 26.2 Å². The first-order chi connectivity index (χ1) is 6.28. The first-order valence-electron chi connectivity index (χ1n) is 4.32.